The summed E-state index contributed by atoms with van der Waals surface area (Å²) in [5.74, 6) is 0. The zero-order chi connectivity index (χ0) is 17.5. The van der Waals surface area contributed by atoms with Crippen LogP contribution in [0.2, 0.25) is 0 Å². The molecule has 0 unspecified atom stereocenters. The molecule has 0 atom stereocenters. The zero-order valence-corrected chi connectivity index (χ0v) is 14.5. The number of benzene rings is 2. The topological polar surface area (TPSA) is 83.0 Å². The minimum Gasteiger partial charge on any atom is -0.399 e. The van der Waals surface area contributed by atoms with Crippen LogP contribution in [0.15, 0.2) is 42.5 Å². The van der Waals surface area contributed by atoms with E-state index in [2.05, 4.69) is 44.3 Å². The van der Waals surface area contributed by atoms with Crippen LogP contribution in [0.25, 0.3) is 33.2 Å². The maximum atomic E-state index is 5.86. The van der Waals surface area contributed by atoms with E-state index in [1.165, 1.54) is 10.9 Å². The van der Waals surface area contributed by atoms with Crippen molar-refractivity contribution in [3.63, 3.8) is 0 Å². The molecule has 0 amide bonds. The van der Waals surface area contributed by atoms with Gasteiger partial charge in [-0.25, -0.2) is 0 Å². The lowest BCUT2D eigenvalue weighted by Crippen LogP contribution is -2.35. The van der Waals surface area contributed by atoms with Crippen molar-refractivity contribution in [1.29, 1.82) is 0 Å². The van der Waals surface area contributed by atoms with E-state index in [-0.39, 0.29) is 0 Å². The molecule has 0 saturated carbocycles. The second kappa shape index (κ2) is 6.16. The van der Waals surface area contributed by atoms with Gasteiger partial charge in [0.2, 0.25) is 0 Å². The minimum atomic E-state index is 0.733. The summed E-state index contributed by atoms with van der Waals surface area (Å²) >= 11 is 0. The zero-order valence-electron chi connectivity index (χ0n) is 14.5. The summed E-state index contributed by atoms with van der Waals surface area (Å²) in [6, 6.07) is 14.6. The molecule has 5 rings (SSSR count). The maximum absolute atomic E-state index is 5.86. The second-order valence-electron chi connectivity index (χ2n) is 6.87. The lowest BCUT2D eigenvalue weighted by Gasteiger charge is -2.26. The summed E-state index contributed by atoms with van der Waals surface area (Å²) in [5.41, 5.74) is 11.9. The summed E-state index contributed by atoms with van der Waals surface area (Å²) in [5, 5.41) is 9.83. The molecular formula is C20H21N5O. The predicted octanol–water partition coefficient (Wildman–Crippen LogP) is 3.13. The SMILES string of the molecule is Nc1ccc2c(-c3cc4cc(CN5CCOCC5)ccc4[nH]3)n[nH]c2c1. The number of nitrogens with two attached hydrogens (primary N) is 1. The van der Waals surface area contributed by atoms with E-state index in [9.17, 15) is 0 Å². The van der Waals surface area contributed by atoms with Gasteiger partial charge in [-0.3, -0.25) is 10.00 Å². The first kappa shape index (κ1) is 15.4. The molecule has 1 fully saturated rings. The number of ether oxygens (including phenoxy) is 1. The molecule has 0 spiro atoms. The molecule has 1 aliphatic heterocycles. The van der Waals surface area contributed by atoms with Crippen LogP contribution >= 0.6 is 0 Å². The van der Waals surface area contributed by atoms with Gasteiger partial charge in [0, 0.05) is 41.6 Å². The van der Waals surface area contributed by atoms with Gasteiger partial charge < -0.3 is 15.5 Å². The molecule has 2 aromatic heterocycles. The average molecular weight is 347 g/mol. The quantitative estimate of drug-likeness (QED) is 0.497. The molecule has 3 heterocycles. The van der Waals surface area contributed by atoms with Crippen LogP contribution in [-0.4, -0.2) is 46.4 Å². The Kier molecular flexibility index (Phi) is 3.65. The van der Waals surface area contributed by atoms with E-state index in [0.717, 1.165) is 66.3 Å². The highest BCUT2D eigenvalue weighted by Crippen LogP contribution is 2.30. The fourth-order valence-corrected chi connectivity index (χ4v) is 3.67. The van der Waals surface area contributed by atoms with Crippen molar-refractivity contribution in [2.45, 2.75) is 6.54 Å². The van der Waals surface area contributed by atoms with Crippen molar-refractivity contribution >= 4 is 27.5 Å². The number of aromatic amines is 2. The molecule has 6 nitrogen and oxygen atoms in total. The third-order valence-corrected chi connectivity index (χ3v) is 5.04. The largest absolute Gasteiger partial charge is 0.399 e. The molecule has 4 N–H and O–H groups in total. The second-order valence-corrected chi connectivity index (χ2v) is 6.87. The summed E-state index contributed by atoms with van der Waals surface area (Å²) in [7, 11) is 0. The highest BCUT2D eigenvalue weighted by atomic mass is 16.5. The van der Waals surface area contributed by atoms with Gasteiger partial charge in [-0.05, 0) is 42.0 Å². The number of nitrogens with one attached hydrogen (secondary N) is 2. The first-order valence-electron chi connectivity index (χ1n) is 8.92. The number of fused-ring (bicyclic) bond motifs is 2. The Balaban J connectivity index is 1.49. The number of morpholine rings is 1. The van der Waals surface area contributed by atoms with Crippen molar-refractivity contribution in [2.24, 2.45) is 0 Å². The lowest BCUT2D eigenvalue weighted by atomic mass is 10.1. The molecule has 1 saturated heterocycles. The molecule has 132 valence electrons. The number of hydrogen-bond acceptors (Lipinski definition) is 4. The monoisotopic (exact) mass is 347 g/mol. The van der Waals surface area contributed by atoms with Crippen LogP contribution in [0.3, 0.4) is 0 Å². The highest BCUT2D eigenvalue weighted by Gasteiger charge is 2.13. The third kappa shape index (κ3) is 2.73. The first-order valence-corrected chi connectivity index (χ1v) is 8.92. The normalized spacial score (nSPS) is 15.8. The Morgan fingerprint density at radius 3 is 2.81 bits per heavy atom. The first-order chi connectivity index (χ1) is 12.8. The molecule has 2 aromatic carbocycles. The van der Waals surface area contributed by atoms with E-state index in [1.807, 2.05) is 18.2 Å². The molecule has 26 heavy (non-hydrogen) atoms. The van der Waals surface area contributed by atoms with E-state index >= 15 is 0 Å². The molecule has 0 bridgehead atoms. The van der Waals surface area contributed by atoms with Crippen LogP contribution in [0, 0.1) is 0 Å². The van der Waals surface area contributed by atoms with Crippen LogP contribution in [0.5, 0.6) is 0 Å². The Bertz CT molecular complexity index is 1070. The van der Waals surface area contributed by atoms with Crippen LogP contribution in [0.1, 0.15) is 5.56 Å². The van der Waals surface area contributed by atoms with Gasteiger partial charge in [-0.2, -0.15) is 5.10 Å². The predicted molar refractivity (Wildman–Crippen MR) is 104 cm³/mol. The molecular weight excluding hydrogens is 326 g/mol. The van der Waals surface area contributed by atoms with Crippen molar-refractivity contribution in [3.8, 4) is 11.4 Å². The average Bonchev–Trinajstić information content (AvgIpc) is 3.25. The van der Waals surface area contributed by atoms with E-state index in [0.29, 0.717) is 0 Å². The Morgan fingerprint density at radius 1 is 1.04 bits per heavy atom. The summed E-state index contributed by atoms with van der Waals surface area (Å²) in [6.45, 7) is 4.61. The van der Waals surface area contributed by atoms with Crippen LogP contribution < -0.4 is 5.73 Å². The number of rotatable bonds is 3. The molecule has 0 radical (unpaired) electrons. The molecule has 1 aliphatic rings. The molecule has 6 heteroatoms. The van der Waals surface area contributed by atoms with Gasteiger partial charge in [0.1, 0.15) is 5.69 Å². The maximum Gasteiger partial charge on any atom is 0.116 e. The van der Waals surface area contributed by atoms with Gasteiger partial charge in [0.25, 0.3) is 0 Å². The Morgan fingerprint density at radius 2 is 1.92 bits per heavy atom. The van der Waals surface area contributed by atoms with Gasteiger partial charge in [-0.1, -0.05) is 6.07 Å². The number of hydrogen-bond donors (Lipinski definition) is 3. The van der Waals surface area contributed by atoms with E-state index in [1.54, 1.807) is 0 Å². The van der Waals surface area contributed by atoms with E-state index in [4.69, 9.17) is 10.5 Å². The number of nitrogen functional groups attached to an aromatic ring is 1. The van der Waals surface area contributed by atoms with Crippen molar-refractivity contribution < 1.29 is 4.74 Å². The van der Waals surface area contributed by atoms with Crippen LogP contribution in [-0.2, 0) is 11.3 Å². The van der Waals surface area contributed by atoms with Gasteiger partial charge >= 0.3 is 0 Å². The number of H-pyrrole nitrogens is 2. The third-order valence-electron chi connectivity index (χ3n) is 5.04. The number of nitrogens with zero attached hydrogens (tertiary/aromatic N) is 2. The van der Waals surface area contributed by atoms with Gasteiger partial charge in [0.05, 0.1) is 24.4 Å². The van der Waals surface area contributed by atoms with Crippen molar-refractivity contribution in [1.82, 2.24) is 20.1 Å². The summed E-state index contributed by atoms with van der Waals surface area (Å²) in [4.78, 5) is 5.92. The van der Waals surface area contributed by atoms with Crippen LogP contribution in [0.4, 0.5) is 5.69 Å². The standard InChI is InChI=1S/C20H21N5O/c21-15-2-3-16-18(11-15)23-24-20(16)19-10-14-9-13(1-4-17(14)22-19)12-25-5-7-26-8-6-25/h1-4,9-11,22H,5-8,12,21H2,(H,23,24). The number of aromatic nitrogens is 3. The smallest absolute Gasteiger partial charge is 0.116 e. The summed E-state index contributed by atoms with van der Waals surface area (Å²) in [6.07, 6.45) is 0. The minimum absolute atomic E-state index is 0.733. The van der Waals surface area contributed by atoms with Gasteiger partial charge in [-0.15, -0.1) is 0 Å². The lowest BCUT2D eigenvalue weighted by molar-refractivity contribution is 0.0342. The number of anilines is 1. The fraction of sp³-hybridized carbons (Fsp3) is 0.250. The fourth-order valence-electron chi connectivity index (χ4n) is 3.67. The van der Waals surface area contributed by atoms with E-state index < -0.39 is 0 Å². The molecule has 4 aromatic rings. The van der Waals surface area contributed by atoms with Gasteiger partial charge in [0.15, 0.2) is 0 Å². The Labute approximate surface area is 150 Å². The summed E-state index contributed by atoms with van der Waals surface area (Å²) < 4.78 is 5.43. The van der Waals surface area contributed by atoms with Crippen molar-refractivity contribution in [3.05, 3.63) is 48.0 Å². The Hall–Kier alpha value is -2.83. The molecule has 0 aliphatic carbocycles. The van der Waals surface area contributed by atoms with Crippen molar-refractivity contribution in [2.75, 3.05) is 32.0 Å². The highest BCUT2D eigenvalue weighted by molar-refractivity contribution is 5.96.